The molecule has 104 valence electrons. The van der Waals surface area contributed by atoms with E-state index in [1.165, 1.54) is 5.56 Å². The zero-order valence-corrected chi connectivity index (χ0v) is 13.2. The molecule has 0 aliphatic carbocycles. The van der Waals surface area contributed by atoms with E-state index in [2.05, 4.69) is 28.1 Å². The molecule has 2 aromatic carbocycles. The van der Waals surface area contributed by atoms with E-state index in [4.69, 9.17) is 21.1 Å². The van der Waals surface area contributed by atoms with Gasteiger partial charge in [0.05, 0.1) is 5.38 Å². The van der Waals surface area contributed by atoms with E-state index in [0.29, 0.717) is 13.2 Å². The maximum atomic E-state index is 6.56. The van der Waals surface area contributed by atoms with Crippen LogP contribution in [0.3, 0.4) is 0 Å². The first kappa shape index (κ1) is 13.8. The molecule has 0 amide bonds. The number of rotatable bonds is 3. The molecule has 0 saturated heterocycles. The Hall–Kier alpha value is -1.19. The molecule has 0 radical (unpaired) electrons. The minimum absolute atomic E-state index is 0.109. The van der Waals surface area contributed by atoms with E-state index in [1.807, 2.05) is 30.3 Å². The van der Waals surface area contributed by atoms with Crippen LogP contribution in [0.25, 0.3) is 0 Å². The number of ether oxygens (including phenoxy) is 2. The van der Waals surface area contributed by atoms with Gasteiger partial charge in [0.25, 0.3) is 0 Å². The molecule has 2 aromatic rings. The van der Waals surface area contributed by atoms with Crippen LogP contribution in [0.4, 0.5) is 0 Å². The first-order valence-corrected chi connectivity index (χ1v) is 7.74. The monoisotopic (exact) mass is 352 g/mol. The second-order valence-electron chi connectivity index (χ2n) is 4.67. The summed E-state index contributed by atoms with van der Waals surface area (Å²) >= 11 is 10.1. The van der Waals surface area contributed by atoms with E-state index in [0.717, 1.165) is 28.0 Å². The first-order valence-electron chi connectivity index (χ1n) is 6.51. The summed E-state index contributed by atoms with van der Waals surface area (Å²) in [7, 11) is 0. The lowest BCUT2D eigenvalue weighted by Gasteiger charge is -2.21. The van der Waals surface area contributed by atoms with Gasteiger partial charge in [0.1, 0.15) is 13.2 Å². The fourth-order valence-corrected chi connectivity index (χ4v) is 3.34. The maximum Gasteiger partial charge on any atom is 0.162 e. The van der Waals surface area contributed by atoms with E-state index >= 15 is 0 Å². The van der Waals surface area contributed by atoms with Crippen molar-refractivity contribution >= 4 is 27.5 Å². The van der Waals surface area contributed by atoms with Gasteiger partial charge in [-0.15, -0.1) is 11.6 Å². The van der Waals surface area contributed by atoms with Crippen molar-refractivity contribution < 1.29 is 9.47 Å². The largest absolute Gasteiger partial charge is 0.486 e. The lowest BCUT2D eigenvalue weighted by molar-refractivity contribution is 0.171. The van der Waals surface area contributed by atoms with Gasteiger partial charge < -0.3 is 9.47 Å². The first-order chi connectivity index (χ1) is 9.74. The van der Waals surface area contributed by atoms with Gasteiger partial charge in [0, 0.05) is 4.47 Å². The Balaban J connectivity index is 1.86. The molecule has 1 atom stereocenters. The van der Waals surface area contributed by atoms with Gasteiger partial charge >= 0.3 is 0 Å². The zero-order valence-electron chi connectivity index (χ0n) is 10.8. The summed E-state index contributed by atoms with van der Waals surface area (Å²) in [5, 5.41) is -0.109. The third kappa shape index (κ3) is 2.94. The quantitative estimate of drug-likeness (QED) is 0.742. The Morgan fingerprint density at radius 3 is 2.40 bits per heavy atom. The van der Waals surface area contributed by atoms with Crippen molar-refractivity contribution in [1.29, 1.82) is 0 Å². The molecule has 0 aromatic heterocycles. The van der Waals surface area contributed by atoms with Gasteiger partial charge in [-0.3, -0.25) is 0 Å². The molecule has 1 heterocycles. The second-order valence-corrected chi connectivity index (χ2v) is 6.06. The Morgan fingerprint density at radius 1 is 1.05 bits per heavy atom. The average molecular weight is 354 g/mol. The number of alkyl halides is 1. The molecule has 0 bridgehead atoms. The predicted molar refractivity (Wildman–Crippen MR) is 83.9 cm³/mol. The number of hydrogen-bond donors (Lipinski definition) is 0. The maximum absolute atomic E-state index is 6.56. The molecule has 0 fully saturated rings. The van der Waals surface area contributed by atoms with E-state index < -0.39 is 0 Å². The minimum Gasteiger partial charge on any atom is -0.486 e. The van der Waals surface area contributed by atoms with Crippen LogP contribution < -0.4 is 9.47 Å². The van der Waals surface area contributed by atoms with Crippen molar-refractivity contribution in [2.24, 2.45) is 0 Å². The summed E-state index contributed by atoms with van der Waals surface area (Å²) in [5.41, 5.74) is 2.24. The molecule has 0 spiro atoms. The van der Waals surface area contributed by atoms with Crippen molar-refractivity contribution in [1.82, 2.24) is 0 Å². The summed E-state index contributed by atoms with van der Waals surface area (Å²) in [6.45, 7) is 1.17. The van der Waals surface area contributed by atoms with Crippen LogP contribution >= 0.6 is 27.5 Å². The number of benzene rings is 2. The fraction of sp³-hybridized carbons (Fsp3) is 0.250. The smallest absolute Gasteiger partial charge is 0.162 e. The van der Waals surface area contributed by atoms with Crippen LogP contribution in [-0.4, -0.2) is 13.2 Å². The lowest BCUT2D eigenvalue weighted by Crippen LogP contribution is -2.15. The third-order valence-electron chi connectivity index (χ3n) is 3.26. The number of fused-ring (bicyclic) bond motifs is 1. The molecule has 1 aliphatic rings. The van der Waals surface area contributed by atoms with Gasteiger partial charge in [-0.1, -0.05) is 46.3 Å². The highest BCUT2D eigenvalue weighted by Crippen LogP contribution is 2.40. The van der Waals surface area contributed by atoms with Gasteiger partial charge in [-0.05, 0) is 29.7 Å². The normalized spacial score (nSPS) is 14.9. The van der Waals surface area contributed by atoms with Crippen LogP contribution in [0.1, 0.15) is 16.5 Å². The van der Waals surface area contributed by atoms with Gasteiger partial charge in [-0.2, -0.15) is 0 Å². The van der Waals surface area contributed by atoms with Crippen LogP contribution in [0, 0.1) is 0 Å². The van der Waals surface area contributed by atoms with Crippen molar-refractivity contribution in [3.05, 3.63) is 58.1 Å². The van der Waals surface area contributed by atoms with Crippen molar-refractivity contribution in [2.75, 3.05) is 13.2 Å². The summed E-state index contributed by atoms with van der Waals surface area (Å²) in [5.74, 6) is 1.55. The molecular formula is C16H14BrClO2. The molecule has 0 N–H and O–H groups in total. The highest BCUT2D eigenvalue weighted by atomic mass is 79.9. The van der Waals surface area contributed by atoms with E-state index in [1.54, 1.807) is 0 Å². The van der Waals surface area contributed by atoms with Crippen molar-refractivity contribution in [2.45, 2.75) is 11.8 Å². The van der Waals surface area contributed by atoms with Crippen molar-refractivity contribution in [3.8, 4) is 11.5 Å². The summed E-state index contributed by atoms with van der Waals surface area (Å²) < 4.78 is 12.1. The predicted octanol–water partition coefficient (Wildman–Crippen LogP) is 4.74. The standard InChI is InChI=1S/C16H14BrClO2/c17-13-10-16-15(19-6-7-20-16)9-12(13)14(18)8-11-4-2-1-3-5-11/h1-5,9-10,14H,6-8H2. The summed E-state index contributed by atoms with van der Waals surface area (Å²) in [6, 6.07) is 14.1. The highest BCUT2D eigenvalue weighted by molar-refractivity contribution is 9.10. The Bertz CT molecular complexity index is 601. The number of halogens is 2. The van der Waals surface area contributed by atoms with Gasteiger partial charge in [-0.25, -0.2) is 0 Å². The van der Waals surface area contributed by atoms with Crippen LogP contribution in [0.5, 0.6) is 11.5 Å². The Labute approximate surface area is 131 Å². The molecule has 1 aliphatic heterocycles. The third-order valence-corrected chi connectivity index (χ3v) is 4.33. The summed E-state index contributed by atoms with van der Waals surface area (Å²) in [6.07, 6.45) is 0.778. The molecule has 2 nitrogen and oxygen atoms in total. The SMILES string of the molecule is ClC(Cc1ccccc1)c1cc2c(cc1Br)OCCO2. The molecule has 3 rings (SSSR count). The number of hydrogen-bond acceptors (Lipinski definition) is 2. The van der Waals surface area contributed by atoms with Crippen molar-refractivity contribution in [3.63, 3.8) is 0 Å². The van der Waals surface area contributed by atoms with Gasteiger partial charge in [0.2, 0.25) is 0 Å². The molecule has 4 heteroatoms. The lowest BCUT2D eigenvalue weighted by atomic mass is 10.0. The summed E-state index contributed by atoms with van der Waals surface area (Å²) in [4.78, 5) is 0. The zero-order chi connectivity index (χ0) is 13.9. The van der Waals surface area contributed by atoms with Gasteiger partial charge in [0.15, 0.2) is 11.5 Å². The van der Waals surface area contributed by atoms with Crippen LogP contribution in [0.15, 0.2) is 46.9 Å². The molecule has 0 saturated carbocycles. The molecular weight excluding hydrogens is 340 g/mol. The average Bonchev–Trinajstić information content (AvgIpc) is 2.47. The second kappa shape index (κ2) is 6.06. The fourth-order valence-electron chi connectivity index (χ4n) is 2.25. The Kier molecular flexibility index (Phi) is 4.18. The van der Waals surface area contributed by atoms with Crippen LogP contribution in [-0.2, 0) is 6.42 Å². The highest BCUT2D eigenvalue weighted by Gasteiger charge is 2.19. The van der Waals surface area contributed by atoms with E-state index in [9.17, 15) is 0 Å². The minimum atomic E-state index is -0.109. The Morgan fingerprint density at radius 2 is 1.70 bits per heavy atom. The van der Waals surface area contributed by atoms with Crippen LogP contribution in [0.2, 0.25) is 0 Å². The molecule has 20 heavy (non-hydrogen) atoms. The topological polar surface area (TPSA) is 18.5 Å². The van der Waals surface area contributed by atoms with E-state index in [-0.39, 0.29) is 5.38 Å². The molecule has 1 unspecified atom stereocenters.